The first-order valence-corrected chi connectivity index (χ1v) is 8.87. The Morgan fingerprint density at radius 1 is 1.12 bits per heavy atom. The minimum absolute atomic E-state index is 0.0248. The second-order valence-corrected chi connectivity index (χ2v) is 7.03. The fourth-order valence-corrected chi connectivity index (χ4v) is 2.91. The smallest absolute Gasteiger partial charge is 0.456 e. The molecule has 0 aromatic heterocycles. The Morgan fingerprint density at radius 2 is 1.84 bits per heavy atom. The lowest BCUT2D eigenvalue weighted by Gasteiger charge is -2.35. The van der Waals surface area contributed by atoms with Gasteiger partial charge in [0.15, 0.2) is 12.4 Å². The highest BCUT2D eigenvalue weighted by molar-refractivity contribution is 7.87. The molecule has 0 amide bonds. The van der Waals surface area contributed by atoms with Crippen molar-refractivity contribution in [1.29, 1.82) is 0 Å². The van der Waals surface area contributed by atoms with E-state index in [9.17, 15) is 21.6 Å². The number of hydrogen-bond donors (Lipinski definition) is 0. The normalized spacial score (nSPS) is 27.5. The summed E-state index contributed by atoms with van der Waals surface area (Å²) in [6, 6.07) is 9.15. The maximum Gasteiger partial charge on any atom is 0.534 e. The third-order valence-corrected chi connectivity index (χ3v) is 4.65. The van der Waals surface area contributed by atoms with E-state index in [4.69, 9.17) is 14.2 Å². The first-order valence-electron chi connectivity index (χ1n) is 7.46. The van der Waals surface area contributed by atoms with Crippen LogP contribution in [0.3, 0.4) is 0 Å². The van der Waals surface area contributed by atoms with Gasteiger partial charge in [-0.2, -0.15) is 21.6 Å². The molecular formula is C15H15F3O6S. The van der Waals surface area contributed by atoms with Crippen molar-refractivity contribution in [3.63, 3.8) is 0 Å². The van der Waals surface area contributed by atoms with Gasteiger partial charge in [0.25, 0.3) is 5.95 Å². The van der Waals surface area contributed by atoms with Crippen LogP contribution in [-0.4, -0.2) is 32.7 Å². The van der Waals surface area contributed by atoms with Crippen LogP contribution in [0.1, 0.15) is 24.7 Å². The highest BCUT2D eigenvalue weighted by Gasteiger charge is 2.50. The van der Waals surface area contributed by atoms with Crippen molar-refractivity contribution < 1.29 is 40.0 Å². The summed E-state index contributed by atoms with van der Waals surface area (Å²) < 4.78 is 80.1. The van der Waals surface area contributed by atoms with E-state index in [1.54, 1.807) is 0 Å². The van der Waals surface area contributed by atoms with Crippen LogP contribution >= 0.6 is 0 Å². The van der Waals surface area contributed by atoms with Gasteiger partial charge in [0.05, 0.1) is 6.61 Å². The fraction of sp³-hybridized carbons (Fsp3) is 0.467. The summed E-state index contributed by atoms with van der Waals surface area (Å²) in [5.41, 5.74) is -4.73. The third-order valence-electron chi connectivity index (χ3n) is 3.70. The van der Waals surface area contributed by atoms with Crippen LogP contribution in [0.4, 0.5) is 13.2 Å². The molecule has 0 saturated carbocycles. The number of halogens is 3. The van der Waals surface area contributed by atoms with E-state index in [0.29, 0.717) is 6.42 Å². The van der Waals surface area contributed by atoms with Crippen molar-refractivity contribution in [3.8, 4) is 0 Å². The number of alkyl halides is 3. The Bertz CT molecular complexity index is 731. The maximum absolute atomic E-state index is 12.4. The Balaban J connectivity index is 1.66. The van der Waals surface area contributed by atoms with Crippen molar-refractivity contribution in [2.75, 3.05) is 6.61 Å². The van der Waals surface area contributed by atoms with Crippen LogP contribution < -0.4 is 0 Å². The largest absolute Gasteiger partial charge is 0.534 e. The number of fused-ring (bicyclic) bond motifs is 1. The van der Waals surface area contributed by atoms with E-state index >= 15 is 0 Å². The van der Waals surface area contributed by atoms with E-state index < -0.39 is 40.1 Å². The van der Waals surface area contributed by atoms with E-state index in [1.807, 2.05) is 30.3 Å². The molecule has 0 unspecified atom stereocenters. The fourth-order valence-electron chi connectivity index (χ4n) is 2.50. The molecule has 10 heteroatoms. The molecule has 2 aliphatic heterocycles. The van der Waals surface area contributed by atoms with Crippen molar-refractivity contribution in [2.45, 2.75) is 36.8 Å². The number of hydrogen-bond acceptors (Lipinski definition) is 6. The van der Waals surface area contributed by atoms with E-state index in [-0.39, 0.29) is 13.0 Å². The molecule has 2 aliphatic rings. The van der Waals surface area contributed by atoms with Gasteiger partial charge in [-0.05, 0) is 18.9 Å². The summed E-state index contributed by atoms with van der Waals surface area (Å²) >= 11 is 0. The standard InChI is InChI=1S/C15H15F3O6S/c16-15(17,18)25(19,20)24-13-8-4-7-11-12(22-13)9-21-14(23-11)10-5-2-1-3-6-10/h1-3,5-6,8,11-12,14H,4,7,9H2/t11-,12+,14+/m0/s1. The minimum atomic E-state index is -5.78. The molecule has 2 heterocycles. The van der Waals surface area contributed by atoms with Crippen molar-refractivity contribution in [2.24, 2.45) is 0 Å². The molecule has 0 bridgehead atoms. The lowest BCUT2D eigenvalue weighted by Crippen LogP contribution is -2.41. The number of benzene rings is 1. The zero-order valence-corrected chi connectivity index (χ0v) is 13.6. The number of rotatable bonds is 3. The molecule has 6 nitrogen and oxygen atoms in total. The van der Waals surface area contributed by atoms with Gasteiger partial charge in [-0.1, -0.05) is 30.3 Å². The van der Waals surface area contributed by atoms with Gasteiger partial charge in [0, 0.05) is 5.56 Å². The van der Waals surface area contributed by atoms with Crippen LogP contribution in [-0.2, 0) is 28.5 Å². The van der Waals surface area contributed by atoms with Crippen molar-refractivity contribution >= 4 is 10.1 Å². The predicted octanol–water partition coefficient (Wildman–Crippen LogP) is 2.99. The van der Waals surface area contributed by atoms with Crippen LogP contribution in [0.5, 0.6) is 0 Å². The summed E-state index contributed by atoms with van der Waals surface area (Å²) in [4.78, 5) is 0. The molecule has 0 radical (unpaired) electrons. The summed E-state index contributed by atoms with van der Waals surface area (Å²) in [7, 11) is -5.78. The van der Waals surface area contributed by atoms with Gasteiger partial charge in [0.2, 0.25) is 0 Å². The quantitative estimate of drug-likeness (QED) is 0.593. The number of ether oxygens (including phenoxy) is 3. The topological polar surface area (TPSA) is 71.1 Å². The van der Waals surface area contributed by atoms with Crippen LogP contribution in [0.2, 0.25) is 0 Å². The molecule has 3 atom stereocenters. The van der Waals surface area contributed by atoms with Crippen molar-refractivity contribution in [1.82, 2.24) is 0 Å². The second-order valence-electron chi connectivity index (χ2n) is 5.49. The Hall–Kier alpha value is -1.78. The average Bonchev–Trinajstić information content (AvgIpc) is 2.75. The van der Waals surface area contributed by atoms with Gasteiger partial charge < -0.3 is 18.4 Å². The molecule has 1 saturated heterocycles. The SMILES string of the molecule is O=S(=O)(OC1=CCC[C@@H]2O[C@H](c3ccccc3)OC[C@H]2O1)C(F)(F)F. The molecule has 138 valence electrons. The van der Waals surface area contributed by atoms with Gasteiger partial charge >= 0.3 is 15.6 Å². The highest BCUT2D eigenvalue weighted by Crippen LogP contribution is 2.34. The summed E-state index contributed by atoms with van der Waals surface area (Å²) in [6.07, 6.45) is -0.0288. The van der Waals surface area contributed by atoms with Gasteiger partial charge in [-0.15, -0.1) is 0 Å². The second kappa shape index (κ2) is 6.85. The zero-order valence-electron chi connectivity index (χ0n) is 12.8. The molecule has 0 aliphatic carbocycles. The van der Waals surface area contributed by atoms with Crippen LogP contribution in [0, 0.1) is 0 Å². The molecule has 1 aromatic carbocycles. The molecule has 0 N–H and O–H groups in total. The Labute approximate surface area is 142 Å². The molecule has 0 spiro atoms. The molecule has 25 heavy (non-hydrogen) atoms. The van der Waals surface area contributed by atoms with E-state index in [1.165, 1.54) is 0 Å². The highest BCUT2D eigenvalue weighted by atomic mass is 32.2. The predicted molar refractivity (Wildman–Crippen MR) is 78.3 cm³/mol. The monoisotopic (exact) mass is 380 g/mol. The van der Waals surface area contributed by atoms with E-state index in [2.05, 4.69) is 4.18 Å². The Morgan fingerprint density at radius 3 is 2.52 bits per heavy atom. The average molecular weight is 380 g/mol. The minimum Gasteiger partial charge on any atom is -0.456 e. The molecule has 3 rings (SSSR count). The van der Waals surface area contributed by atoms with Crippen LogP contribution in [0.15, 0.2) is 42.4 Å². The summed E-state index contributed by atoms with van der Waals surface area (Å²) in [6.45, 7) is 0.0248. The molecule has 1 fully saturated rings. The summed E-state index contributed by atoms with van der Waals surface area (Å²) in [5.74, 6) is -0.713. The van der Waals surface area contributed by atoms with E-state index in [0.717, 1.165) is 11.6 Å². The van der Waals surface area contributed by atoms with Crippen LogP contribution in [0.25, 0.3) is 0 Å². The molecular weight excluding hydrogens is 365 g/mol. The van der Waals surface area contributed by atoms with Gasteiger partial charge in [-0.25, -0.2) is 0 Å². The van der Waals surface area contributed by atoms with Gasteiger partial charge in [0.1, 0.15) is 6.10 Å². The lowest BCUT2D eigenvalue weighted by molar-refractivity contribution is -0.262. The zero-order chi connectivity index (χ0) is 18.1. The third kappa shape index (κ3) is 4.07. The lowest BCUT2D eigenvalue weighted by atomic mass is 10.1. The van der Waals surface area contributed by atoms with Gasteiger partial charge in [-0.3, -0.25) is 0 Å². The number of allylic oxidation sites excluding steroid dienone is 1. The first-order chi connectivity index (χ1) is 11.8. The van der Waals surface area contributed by atoms with Crippen molar-refractivity contribution in [3.05, 3.63) is 47.9 Å². The maximum atomic E-state index is 12.4. The molecule has 1 aromatic rings. The first kappa shape index (κ1) is 18.0. The Kier molecular flexibility index (Phi) is 4.94. The summed E-state index contributed by atoms with van der Waals surface area (Å²) in [5, 5.41) is 0.